The van der Waals surface area contributed by atoms with Crippen molar-refractivity contribution >= 4 is 18.1 Å². The van der Waals surface area contributed by atoms with Crippen molar-refractivity contribution in [2.45, 2.75) is 20.3 Å². The summed E-state index contributed by atoms with van der Waals surface area (Å²) in [6.07, 6.45) is 5.44. The second-order valence-electron chi connectivity index (χ2n) is 4.44. The number of nitrogens with one attached hydrogen (secondary N) is 1. The topological polar surface area (TPSA) is 45.2 Å². The molecule has 1 N–H and O–H groups in total. The number of aldehydes is 1. The van der Waals surface area contributed by atoms with E-state index in [-0.39, 0.29) is 5.41 Å². The molecule has 1 aliphatic rings. The monoisotopic (exact) mass is 202 g/mol. The summed E-state index contributed by atoms with van der Waals surface area (Å²) in [5.74, 6) is 0. The van der Waals surface area contributed by atoms with Gasteiger partial charge in [0.1, 0.15) is 0 Å². The zero-order valence-corrected chi connectivity index (χ0v) is 8.95. The number of aromatic amines is 1. The van der Waals surface area contributed by atoms with Gasteiger partial charge in [-0.25, -0.2) is 0 Å². The lowest BCUT2D eigenvalue weighted by Crippen LogP contribution is -2.11. The molecular weight excluding hydrogens is 188 g/mol. The molecule has 1 aliphatic heterocycles. The van der Waals surface area contributed by atoms with E-state index in [1.807, 2.05) is 24.4 Å². The Hall–Kier alpha value is -1.64. The first-order valence-corrected chi connectivity index (χ1v) is 5.00. The standard InChI is InChI=1S/C12H14N2O/c1-12(2)7-10(8-15)14-11(12)6-9-4-3-5-13-9/h3-6,8,13H,7H2,1-2H3/b11-6-. The summed E-state index contributed by atoms with van der Waals surface area (Å²) in [6, 6.07) is 3.93. The van der Waals surface area contributed by atoms with Gasteiger partial charge in [0, 0.05) is 29.4 Å². The molecular formula is C12H14N2O. The van der Waals surface area contributed by atoms with Gasteiger partial charge in [-0.2, -0.15) is 0 Å². The molecule has 1 aromatic rings. The van der Waals surface area contributed by atoms with Gasteiger partial charge in [-0.15, -0.1) is 0 Å². The highest BCUT2D eigenvalue weighted by molar-refractivity contribution is 6.29. The fourth-order valence-corrected chi connectivity index (χ4v) is 1.77. The summed E-state index contributed by atoms with van der Waals surface area (Å²) >= 11 is 0. The highest BCUT2D eigenvalue weighted by Gasteiger charge is 2.31. The summed E-state index contributed by atoms with van der Waals surface area (Å²) in [5, 5.41) is 0. The minimum absolute atomic E-state index is 0.0403. The van der Waals surface area contributed by atoms with Crippen LogP contribution in [-0.2, 0) is 4.79 Å². The van der Waals surface area contributed by atoms with Gasteiger partial charge in [0.2, 0.25) is 0 Å². The molecule has 0 amide bonds. The zero-order chi connectivity index (χ0) is 10.9. The van der Waals surface area contributed by atoms with Crippen molar-refractivity contribution in [3.05, 3.63) is 29.7 Å². The molecule has 1 aromatic heterocycles. The van der Waals surface area contributed by atoms with E-state index in [1.165, 1.54) is 0 Å². The smallest absolute Gasteiger partial charge is 0.164 e. The molecule has 0 aliphatic carbocycles. The summed E-state index contributed by atoms with van der Waals surface area (Å²) in [4.78, 5) is 18.1. The molecule has 0 saturated carbocycles. The third-order valence-electron chi connectivity index (χ3n) is 2.63. The van der Waals surface area contributed by atoms with Gasteiger partial charge in [-0.05, 0) is 18.2 Å². The van der Waals surface area contributed by atoms with Crippen molar-refractivity contribution in [2.75, 3.05) is 0 Å². The van der Waals surface area contributed by atoms with E-state index in [0.29, 0.717) is 5.71 Å². The Morgan fingerprint density at radius 3 is 2.87 bits per heavy atom. The second-order valence-corrected chi connectivity index (χ2v) is 4.44. The first-order valence-electron chi connectivity index (χ1n) is 5.00. The Morgan fingerprint density at radius 2 is 2.33 bits per heavy atom. The minimum atomic E-state index is -0.0403. The van der Waals surface area contributed by atoms with Gasteiger partial charge in [-0.1, -0.05) is 13.8 Å². The van der Waals surface area contributed by atoms with Crippen LogP contribution in [0.5, 0.6) is 0 Å². The van der Waals surface area contributed by atoms with Crippen LogP contribution in [0.25, 0.3) is 6.08 Å². The minimum Gasteiger partial charge on any atom is -0.362 e. The van der Waals surface area contributed by atoms with Crippen LogP contribution >= 0.6 is 0 Å². The van der Waals surface area contributed by atoms with E-state index in [2.05, 4.69) is 23.8 Å². The molecule has 0 radical (unpaired) electrons. The first kappa shape index (κ1) is 9.90. The number of allylic oxidation sites excluding steroid dienone is 1. The van der Waals surface area contributed by atoms with Gasteiger partial charge in [-0.3, -0.25) is 9.79 Å². The van der Waals surface area contributed by atoms with Crippen LogP contribution in [0.3, 0.4) is 0 Å². The van der Waals surface area contributed by atoms with Crippen molar-refractivity contribution in [3.8, 4) is 0 Å². The molecule has 2 rings (SSSR count). The van der Waals surface area contributed by atoms with Crippen molar-refractivity contribution in [1.29, 1.82) is 0 Å². The molecule has 0 atom stereocenters. The number of hydrogen-bond donors (Lipinski definition) is 1. The average Bonchev–Trinajstić information content (AvgIpc) is 2.76. The van der Waals surface area contributed by atoms with Gasteiger partial charge in [0.05, 0.1) is 5.71 Å². The summed E-state index contributed by atoms with van der Waals surface area (Å²) < 4.78 is 0. The number of aromatic nitrogens is 1. The maximum atomic E-state index is 10.7. The fourth-order valence-electron chi connectivity index (χ4n) is 1.77. The molecule has 2 heterocycles. The molecule has 0 fully saturated rings. The molecule has 15 heavy (non-hydrogen) atoms. The Bertz CT molecular complexity index is 424. The van der Waals surface area contributed by atoms with Crippen LogP contribution in [0.1, 0.15) is 26.0 Å². The lowest BCUT2D eigenvalue weighted by atomic mass is 9.86. The number of carbonyl (C=O) groups excluding carboxylic acids is 1. The van der Waals surface area contributed by atoms with E-state index >= 15 is 0 Å². The predicted molar refractivity (Wildman–Crippen MR) is 60.7 cm³/mol. The molecule has 0 unspecified atom stereocenters. The Labute approximate surface area is 88.9 Å². The maximum Gasteiger partial charge on any atom is 0.164 e. The van der Waals surface area contributed by atoms with Gasteiger partial charge in [0.25, 0.3) is 0 Å². The van der Waals surface area contributed by atoms with Crippen LogP contribution in [0.2, 0.25) is 0 Å². The number of hydrogen-bond acceptors (Lipinski definition) is 2. The van der Waals surface area contributed by atoms with E-state index in [9.17, 15) is 4.79 Å². The van der Waals surface area contributed by atoms with Crippen LogP contribution in [0.15, 0.2) is 29.0 Å². The number of carbonyl (C=O) groups is 1. The molecule has 3 heteroatoms. The third-order valence-corrected chi connectivity index (χ3v) is 2.63. The predicted octanol–water partition coefficient (Wildman–Crippen LogP) is 2.43. The largest absolute Gasteiger partial charge is 0.362 e. The van der Waals surface area contributed by atoms with Crippen LogP contribution < -0.4 is 0 Å². The number of rotatable bonds is 2. The van der Waals surface area contributed by atoms with Crippen LogP contribution in [0.4, 0.5) is 0 Å². The normalized spacial score (nSPS) is 21.7. The summed E-state index contributed by atoms with van der Waals surface area (Å²) in [6.45, 7) is 4.20. The summed E-state index contributed by atoms with van der Waals surface area (Å²) in [5.41, 5.74) is 2.58. The highest BCUT2D eigenvalue weighted by Crippen LogP contribution is 2.37. The quantitative estimate of drug-likeness (QED) is 0.735. The van der Waals surface area contributed by atoms with E-state index in [4.69, 9.17) is 0 Å². The summed E-state index contributed by atoms with van der Waals surface area (Å²) in [7, 11) is 0. The molecule has 0 saturated heterocycles. The lowest BCUT2D eigenvalue weighted by molar-refractivity contribution is -0.102. The number of H-pyrrole nitrogens is 1. The Morgan fingerprint density at radius 1 is 1.53 bits per heavy atom. The number of nitrogens with zero attached hydrogens (tertiary/aromatic N) is 1. The average molecular weight is 202 g/mol. The van der Waals surface area contributed by atoms with Crippen LogP contribution in [-0.4, -0.2) is 17.0 Å². The first-order chi connectivity index (χ1) is 7.12. The van der Waals surface area contributed by atoms with Crippen molar-refractivity contribution < 1.29 is 4.79 Å². The fraction of sp³-hybridized carbons (Fsp3) is 0.333. The second kappa shape index (κ2) is 3.50. The van der Waals surface area contributed by atoms with E-state index in [1.54, 1.807) is 0 Å². The SMILES string of the molecule is CC1(C)CC(C=O)=N/C1=C\c1ccc[nH]1. The van der Waals surface area contributed by atoms with Crippen molar-refractivity contribution in [1.82, 2.24) is 4.98 Å². The molecule has 3 nitrogen and oxygen atoms in total. The van der Waals surface area contributed by atoms with Gasteiger partial charge >= 0.3 is 0 Å². The van der Waals surface area contributed by atoms with E-state index in [0.717, 1.165) is 24.1 Å². The molecule has 0 spiro atoms. The van der Waals surface area contributed by atoms with Crippen LogP contribution in [0, 0.1) is 5.41 Å². The van der Waals surface area contributed by atoms with Gasteiger partial charge in [0.15, 0.2) is 6.29 Å². The maximum absolute atomic E-state index is 10.7. The van der Waals surface area contributed by atoms with Crippen molar-refractivity contribution in [3.63, 3.8) is 0 Å². The van der Waals surface area contributed by atoms with Gasteiger partial charge < -0.3 is 4.98 Å². The molecule has 0 aromatic carbocycles. The lowest BCUT2D eigenvalue weighted by Gasteiger charge is -2.17. The highest BCUT2D eigenvalue weighted by atomic mass is 16.1. The Kier molecular flexibility index (Phi) is 2.31. The van der Waals surface area contributed by atoms with E-state index < -0.39 is 0 Å². The number of aliphatic imine (C=N–C) groups is 1. The zero-order valence-electron chi connectivity index (χ0n) is 8.95. The molecule has 78 valence electrons. The third kappa shape index (κ3) is 1.91. The Balaban J connectivity index is 2.36. The molecule has 0 bridgehead atoms. The van der Waals surface area contributed by atoms with Crippen molar-refractivity contribution in [2.24, 2.45) is 10.4 Å².